The van der Waals surface area contributed by atoms with Crippen molar-refractivity contribution in [3.05, 3.63) is 71.3 Å². The standard InChI is InChI=1S/C20H15F3O3.C5H9NO/c1-12(24)17-10-18(25)15-4-2-3-5-16(15)19(17)26-11-13-6-8-14(9-7-13)20(21,22)23;1-5(2)3-6-4(5)7/h2-10,25H,11H2,1H3;3H2,1-2H3,(H,6,7). The Labute approximate surface area is 189 Å². The van der Waals surface area contributed by atoms with Gasteiger partial charge in [-0.3, -0.25) is 9.59 Å². The van der Waals surface area contributed by atoms with Crippen LogP contribution >= 0.6 is 0 Å². The number of rotatable bonds is 4. The molecule has 1 heterocycles. The van der Waals surface area contributed by atoms with Crippen molar-refractivity contribution in [2.24, 2.45) is 5.41 Å². The fraction of sp³-hybridized carbons (Fsp3) is 0.280. The number of carbonyl (C=O) groups excluding carboxylic acids is 2. The molecule has 3 aromatic rings. The van der Waals surface area contributed by atoms with Crippen LogP contribution in [0.5, 0.6) is 11.5 Å². The summed E-state index contributed by atoms with van der Waals surface area (Å²) in [4.78, 5) is 22.4. The molecular weight excluding hydrogens is 435 g/mol. The van der Waals surface area contributed by atoms with Gasteiger partial charge in [0.1, 0.15) is 18.1 Å². The summed E-state index contributed by atoms with van der Waals surface area (Å²) in [5, 5.41) is 13.9. The maximum atomic E-state index is 12.6. The Bertz CT molecular complexity index is 1180. The predicted octanol–water partition coefficient (Wildman–Crippen LogP) is 5.49. The minimum Gasteiger partial charge on any atom is -0.507 e. The molecule has 1 amide bonds. The van der Waals surface area contributed by atoms with E-state index >= 15 is 0 Å². The van der Waals surface area contributed by atoms with Gasteiger partial charge in [0.05, 0.1) is 16.5 Å². The van der Waals surface area contributed by atoms with Crippen LogP contribution in [0.25, 0.3) is 10.8 Å². The Morgan fingerprint density at radius 3 is 2.12 bits per heavy atom. The highest BCUT2D eigenvalue weighted by Gasteiger charge is 2.36. The number of aromatic hydroxyl groups is 1. The van der Waals surface area contributed by atoms with Crippen LogP contribution in [0, 0.1) is 5.41 Å². The number of nitrogens with one attached hydrogen (secondary N) is 1. The van der Waals surface area contributed by atoms with Crippen molar-refractivity contribution in [2.45, 2.75) is 33.6 Å². The Morgan fingerprint density at radius 2 is 1.67 bits per heavy atom. The van der Waals surface area contributed by atoms with Crippen molar-refractivity contribution in [3.63, 3.8) is 0 Å². The first-order chi connectivity index (χ1) is 15.4. The van der Waals surface area contributed by atoms with Gasteiger partial charge in [-0.1, -0.05) is 36.4 Å². The Balaban J connectivity index is 0.000000374. The van der Waals surface area contributed by atoms with E-state index in [-0.39, 0.29) is 35.0 Å². The maximum absolute atomic E-state index is 12.6. The summed E-state index contributed by atoms with van der Waals surface area (Å²) in [6.07, 6.45) is -4.39. The topological polar surface area (TPSA) is 75.6 Å². The first kappa shape index (κ1) is 24.1. The lowest BCUT2D eigenvalue weighted by Crippen LogP contribution is -2.55. The van der Waals surface area contributed by atoms with Crippen LogP contribution in [0.15, 0.2) is 54.6 Å². The van der Waals surface area contributed by atoms with Gasteiger partial charge in [0, 0.05) is 17.3 Å². The number of ether oxygens (including phenoxy) is 1. The molecule has 0 unspecified atom stereocenters. The second-order valence-corrected chi connectivity index (χ2v) is 8.42. The van der Waals surface area contributed by atoms with Gasteiger partial charge in [0.2, 0.25) is 5.91 Å². The van der Waals surface area contributed by atoms with Crippen molar-refractivity contribution in [1.82, 2.24) is 5.32 Å². The molecule has 174 valence electrons. The normalized spacial score (nSPS) is 14.5. The molecule has 0 atom stereocenters. The van der Waals surface area contributed by atoms with Crippen LogP contribution in [0.3, 0.4) is 0 Å². The number of hydrogen-bond acceptors (Lipinski definition) is 4. The van der Waals surface area contributed by atoms with Crippen LogP contribution < -0.4 is 10.1 Å². The number of ketones is 1. The number of Topliss-reactive ketones (excluding diaryl/α,β-unsaturated/α-hetero) is 1. The molecule has 3 aromatic carbocycles. The van der Waals surface area contributed by atoms with Gasteiger partial charge >= 0.3 is 6.18 Å². The van der Waals surface area contributed by atoms with E-state index in [2.05, 4.69) is 5.32 Å². The second kappa shape index (κ2) is 9.13. The molecule has 0 aromatic heterocycles. The second-order valence-electron chi connectivity index (χ2n) is 8.42. The van der Waals surface area contributed by atoms with E-state index < -0.39 is 11.7 Å². The third kappa shape index (κ3) is 5.45. The van der Waals surface area contributed by atoms with E-state index in [1.807, 2.05) is 13.8 Å². The monoisotopic (exact) mass is 459 g/mol. The number of amides is 1. The molecule has 0 bridgehead atoms. The number of β-lactam (4-membered cyclic amide) rings is 1. The molecule has 0 spiro atoms. The van der Waals surface area contributed by atoms with E-state index in [1.54, 1.807) is 24.3 Å². The van der Waals surface area contributed by atoms with Gasteiger partial charge in [-0.15, -0.1) is 0 Å². The van der Waals surface area contributed by atoms with E-state index in [9.17, 15) is 27.9 Å². The predicted molar refractivity (Wildman–Crippen MR) is 118 cm³/mol. The lowest BCUT2D eigenvalue weighted by atomic mass is 9.86. The van der Waals surface area contributed by atoms with Gasteiger partial charge in [-0.2, -0.15) is 13.2 Å². The van der Waals surface area contributed by atoms with Crippen LogP contribution in [-0.4, -0.2) is 23.3 Å². The average molecular weight is 459 g/mol. The molecule has 4 rings (SSSR count). The minimum absolute atomic E-state index is 0.00676. The maximum Gasteiger partial charge on any atom is 0.416 e. The molecule has 33 heavy (non-hydrogen) atoms. The molecule has 1 saturated heterocycles. The number of carbonyl (C=O) groups is 2. The Morgan fingerprint density at radius 1 is 1.09 bits per heavy atom. The molecule has 0 radical (unpaired) electrons. The van der Waals surface area contributed by atoms with Crippen molar-refractivity contribution in [1.29, 1.82) is 0 Å². The van der Waals surface area contributed by atoms with Crippen molar-refractivity contribution in [2.75, 3.05) is 6.54 Å². The fourth-order valence-corrected chi connectivity index (χ4v) is 3.21. The quantitative estimate of drug-likeness (QED) is 0.400. The van der Waals surface area contributed by atoms with Crippen molar-refractivity contribution in [3.8, 4) is 11.5 Å². The van der Waals surface area contributed by atoms with Crippen LogP contribution in [0.4, 0.5) is 13.2 Å². The molecule has 0 saturated carbocycles. The van der Waals surface area contributed by atoms with E-state index in [4.69, 9.17) is 4.74 Å². The fourth-order valence-electron chi connectivity index (χ4n) is 3.21. The zero-order valence-corrected chi connectivity index (χ0v) is 18.4. The lowest BCUT2D eigenvalue weighted by Gasteiger charge is -2.33. The van der Waals surface area contributed by atoms with Gasteiger partial charge in [0.15, 0.2) is 5.78 Å². The highest BCUT2D eigenvalue weighted by atomic mass is 19.4. The first-order valence-corrected chi connectivity index (χ1v) is 10.2. The number of phenols is 1. The molecule has 8 heteroatoms. The average Bonchev–Trinajstić information content (AvgIpc) is 2.77. The number of fused-ring (bicyclic) bond motifs is 1. The largest absolute Gasteiger partial charge is 0.507 e. The number of hydrogen-bond donors (Lipinski definition) is 2. The number of halogens is 3. The minimum atomic E-state index is -4.39. The summed E-state index contributed by atoms with van der Waals surface area (Å²) in [6.45, 7) is 6.06. The Kier molecular flexibility index (Phi) is 6.67. The van der Waals surface area contributed by atoms with E-state index in [1.165, 1.54) is 25.1 Å². The zero-order valence-electron chi connectivity index (χ0n) is 18.4. The molecule has 1 fully saturated rings. The SMILES string of the molecule is CC(=O)c1cc(O)c2ccccc2c1OCc1ccc(C(F)(F)F)cc1.CC1(C)CNC1=O. The molecule has 0 aliphatic carbocycles. The summed E-state index contributed by atoms with van der Waals surface area (Å²) in [7, 11) is 0. The smallest absolute Gasteiger partial charge is 0.416 e. The molecule has 2 N–H and O–H groups in total. The summed E-state index contributed by atoms with van der Waals surface area (Å²) in [5.41, 5.74) is -0.0569. The molecule has 1 aliphatic heterocycles. The van der Waals surface area contributed by atoms with Gasteiger partial charge in [-0.05, 0) is 44.5 Å². The lowest BCUT2D eigenvalue weighted by molar-refractivity contribution is -0.138. The van der Waals surface area contributed by atoms with Crippen LogP contribution in [0.2, 0.25) is 0 Å². The van der Waals surface area contributed by atoms with Crippen molar-refractivity contribution >= 4 is 22.5 Å². The van der Waals surface area contributed by atoms with E-state index in [0.29, 0.717) is 22.1 Å². The summed E-state index contributed by atoms with van der Waals surface area (Å²) in [5.74, 6) is 0.152. The molecule has 1 aliphatic rings. The summed E-state index contributed by atoms with van der Waals surface area (Å²) < 4.78 is 43.7. The van der Waals surface area contributed by atoms with E-state index in [0.717, 1.165) is 18.7 Å². The zero-order chi connectivity index (χ0) is 24.4. The van der Waals surface area contributed by atoms with Crippen LogP contribution in [-0.2, 0) is 17.6 Å². The summed E-state index contributed by atoms with van der Waals surface area (Å²) in [6, 6.07) is 12.9. The number of alkyl halides is 3. The highest BCUT2D eigenvalue weighted by Crippen LogP contribution is 2.37. The first-order valence-electron chi connectivity index (χ1n) is 10.2. The van der Waals surface area contributed by atoms with Crippen LogP contribution in [0.1, 0.15) is 42.3 Å². The molecule has 5 nitrogen and oxygen atoms in total. The number of benzene rings is 3. The Hall–Kier alpha value is -3.55. The van der Waals surface area contributed by atoms with Gasteiger partial charge in [-0.25, -0.2) is 0 Å². The summed E-state index contributed by atoms with van der Waals surface area (Å²) >= 11 is 0. The number of phenolic OH excluding ortho intramolecular Hbond substituents is 1. The molecular formula is C25H24F3NO4. The van der Waals surface area contributed by atoms with Crippen molar-refractivity contribution < 1.29 is 32.6 Å². The van der Waals surface area contributed by atoms with Gasteiger partial charge in [0.25, 0.3) is 0 Å². The third-order valence-electron chi connectivity index (χ3n) is 5.32. The third-order valence-corrected chi connectivity index (χ3v) is 5.32. The highest BCUT2D eigenvalue weighted by molar-refractivity contribution is 6.05. The van der Waals surface area contributed by atoms with Gasteiger partial charge < -0.3 is 15.2 Å².